The highest BCUT2D eigenvalue weighted by Gasteiger charge is 2.30. The third kappa shape index (κ3) is 2.82. The van der Waals surface area contributed by atoms with Crippen molar-refractivity contribution in [2.45, 2.75) is 25.4 Å². The maximum atomic E-state index is 14.0. The first-order valence-corrected chi connectivity index (χ1v) is 6.47. The summed E-state index contributed by atoms with van der Waals surface area (Å²) in [6, 6.07) is 4.53. The van der Waals surface area contributed by atoms with Crippen LogP contribution in [0.2, 0.25) is 0 Å². The van der Waals surface area contributed by atoms with Crippen LogP contribution in [0.3, 0.4) is 0 Å². The molecule has 0 saturated carbocycles. The number of ether oxygens (including phenoxy) is 1. The van der Waals surface area contributed by atoms with Crippen LogP contribution >= 0.6 is 0 Å². The van der Waals surface area contributed by atoms with Gasteiger partial charge in [-0.2, -0.15) is 0 Å². The zero-order valence-electron chi connectivity index (χ0n) is 11.9. The number of aryl methyl sites for hydroxylation is 2. The summed E-state index contributed by atoms with van der Waals surface area (Å²) in [6.07, 6.45) is 4.45. The number of benzene rings is 1. The van der Waals surface area contributed by atoms with Crippen molar-refractivity contribution < 1.29 is 14.2 Å². The monoisotopic (exact) mass is 278 g/mol. The van der Waals surface area contributed by atoms with Crippen molar-refractivity contribution in [3.63, 3.8) is 0 Å². The normalized spacial score (nSPS) is 14.1. The third-order valence-corrected chi connectivity index (χ3v) is 3.49. The summed E-state index contributed by atoms with van der Waals surface area (Å²) in [6.45, 7) is 1.59. The summed E-state index contributed by atoms with van der Waals surface area (Å²) in [7, 11) is 3.35. The molecule has 20 heavy (non-hydrogen) atoms. The molecule has 0 aliphatic rings. The Balaban J connectivity index is 2.24. The van der Waals surface area contributed by atoms with Gasteiger partial charge in [0.05, 0.1) is 18.3 Å². The maximum absolute atomic E-state index is 14.0. The standard InChI is InChI=1S/C15H19FN2O2/c1-15(19,8-7-13-17-9-10-18(13)2)14-11(16)5-4-6-12(14)20-3/h4-6,9-10,19H,7-8H2,1-3H3. The average molecular weight is 278 g/mol. The molecule has 0 bridgehead atoms. The molecule has 0 fully saturated rings. The van der Waals surface area contributed by atoms with Gasteiger partial charge in [-0.3, -0.25) is 0 Å². The van der Waals surface area contributed by atoms with Crippen LogP contribution in [0.25, 0.3) is 0 Å². The molecule has 5 heteroatoms. The topological polar surface area (TPSA) is 47.3 Å². The molecule has 108 valence electrons. The van der Waals surface area contributed by atoms with Crippen LogP contribution in [-0.4, -0.2) is 21.8 Å². The lowest BCUT2D eigenvalue weighted by Gasteiger charge is -2.26. The van der Waals surface area contributed by atoms with Crippen LogP contribution < -0.4 is 4.74 Å². The molecule has 2 aromatic rings. The summed E-state index contributed by atoms with van der Waals surface area (Å²) in [5, 5.41) is 10.6. The van der Waals surface area contributed by atoms with Crippen molar-refractivity contribution in [2.24, 2.45) is 7.05 Å². The summed E-state index contributed by atoms with van der Waals surface area (Å²) in [4.78, 5) is 4.20. The van der Waals surface area contributed by atoms with Crippen LogP contribution in [0, 0.1) is 5.82 Å². The fourth-order valence-corrected chi connectivity index (χ4v) is 2.31. The number of nitrogens with zero attached hydrogens (tertiary/aromatic N) is 2. The number of methoxy groups -OCH3 is 1. The molecule has 1 aromatic carbocycles. The maximum Gasteiger partial charge on any atom is 0.133 e. The molecule has 0 radical (unpaired) electrons. The molecular weight excluding hydrogens is 259 g/mol. The van der Waals surface area contributed by atoms with E-state index in [2.05, 4.69) is 4.98 Å². The van der Waals surface area contributed by atoms with E-state index in [0.717, 1.165) is 5.82 Å². The predicted octanol–water partition coefficient (Wildman–Crippen LogP) is 2.41. The zero-order valence-corrected chi connectivity index (χ0v) is 11.9. The van der Waals surface area contributed by atoms with E-state index in [-0.39, 0.29) is 5.56 Å². The average Bonchev–Trinajstić information content (AvgIpc) is 2.81. The lowest BCUT2D eigenvalue weighted by molar-refractivity contribution is 0.0410. The van der Waals surface area contributed by atoms with E-state index in [4.69, 9.17) is 4.74 Å². The Morgan fingerprint density at radius 3 is 2.80 bits per heavy atom. The second-order valence-electron chi connectivity index (χ2n) is 5.05. The van der Waals surface area contributed by atoms with Crippen LogP contribution in [0.5, 0.6) is 5.75 Å². The van der Waals surface area contributed by atoms with E-state index in [1.54, 1.807) is 25.3 Å². The van der Waals surface area contributed by atoms with E-state index >= 15 is 0 Å². The van der Waals surface area contributed by atoms with Gasteiger partial charge in [-0.15, -0.1) is 0 Å². The van der Waals surface area contributed by atoms with Gasteiger partial charge < -0.3 is 14.4 Å². The minimum Gasteiger partial charge on any atom is -0.496 e. The SMILES string of the molecule is COc1cccc(F)c1C(C)(O)CCc1nccn1C. The fraction of sp³-hybridized carbons (Fsp3) is 0.400. The zero-order chi connectivity index (χ0) is 14.8. The molecule has 1 unspecified atom stereocenters. The van der Waals surface area contributed by atoms with Gasteiger partial charge >= 0.3 is 0 Å². The first kappa shape index (κ1) is 14.5. The van der Waals surface area contributed by atoms with E-state index in [0.29, 0.717) is 18.6 Å². The predicted molar refractivity (Wildman–Crippen MR) is 74.1 cm³/mol. The number of hydrogen-bond acceptors (Lipinski definition) is 3. The molecule has 0 saturated heterocycles. The summed E-state index contributed by atoms with van der Waals surface area (Å²) < 4.78 is 21.1. The molecule has 1 heterocycles. The first-order chi connectivity index (χ1) is 9.45. The molecule has 0 spiro atoms. The number of aliphatic hydroxyl groups is 1. The fourth-order valence-electron chi connectivity index (χ4n) is 2.31. The molecular formula is C15H19FN2O2. The van der Waals surface area contributed by atoms with E-state index < -0.39 is 11.4 Å². The number of halogens is 1. The molecule has 1 atom stereocenters. The van der Waals surface area contributed by atoms with Gasteiger partial charge in [-0.25, -0.2) is 9.37 Å². The van der Waals surface area contributed by atoms with Crippen molar-refractivity contribution in [1.29, 1.82) is 0 Å². The molecule has 1 N–H and O–H groups in total. The van der Waals surface area contributed by atoms with Gasteiger partial charge in [0.25, 0.3) is 0 Å². The van der Waals surface area contributed by atoms with Gasteiger partial charge in [-0.05, 0) is 25.5 Å². The quantitative estimate of drug-likeness (QED) is 0.913. The van der Waals surface area contributed by atoms with E-state index in [1.807, 2.05) is 17.8 Å². The lowest BCUT2D eigenvalue weighted by atomic mass is 9.89. The van der Waals surface area contributed by atoms with E-state index in [1.165, 1.54) is 13.2 Å². The van der Waals surface area contributed by atoms with Crippen LogP contribution in [0.4, 0.5) is 4.39 Å². The van der Waals surface area contributed by atoms with Crippen LogP contribution in [0.1, 0.15) is 24.7 Å². The van der Waals surface area contributed by atoms with Gasteiger partial charge in [-0.1, -0.05) is 6.07 Å². The van der Waals surface area contributed by atoms with Crippen LogP contribution in [-0.2, 0) is 19.1 Å². The highest BCUT2D eigenvalue weighted by molar-refractivity contribution is 5.38. The van der Waals surface area contributed by atoms with Crippen molar-refractivity contribution in [1.82, 2.24) is 9.55 Å². The Bertz CT molecular complexity index is 593. The lowest BCUT2D eigenvalue weighted by Crippen LogP contribution is -2.25. The molecule has 0 aliphatic carbocycles. The molecule has 2 rings (SSSR count). The smallest absolute Gasteiger partial charge is 0.133 e. The minimum absolute atomic E-state index is 0.191. The van der Waals surface area contributed by atoms with Crippen molar-refractivity contribution in [3.8, 4) is 5.75 Å². The number of imidazole rings is 1. The Labute approximate surface area is 117 Å². The summed E-state index contributed by atoms with van der Waals surface area (Å²) in [5.41, 5.74) is -1.13. The van der Waals surface area contributed by atoms with Gasteiger partial charge in [0, 0.05) is 25.9 Å². The Kier molecular flexibility index (Phi) is 4.09. The number of aromatic nitrogens is 2. The largest absolute Gasteiger partial charge is 0.496 e. The van der Waals surface area contributed by atoms with Gasteiger partial charge in [0.1, 0.15) is 17.4 Å². The van der Waals surface area contributed by atoms with Crippen molar-refractivity contribution >= 4 is 0 Å². The molecule has 1 aromatic heterocycles. The minimum atomic E-state index is -1.32. The molecule has 4 nitrogen and oxygen atoms in total. The van der Waals surface area contributed by atoms with Crippen molar-refractivity contribution in [3.05, 3.63) is 47.8 Å². The Hall–Kier alpha value is -1.88. The molecule has 0 aliphatic heterocycles. The number of hydrogen-bond donors (Lipinski definition) is 1. The first-order valence-electron chi connectivity index (χ1n) is 6.47. The van der Waals surface area contributed by atoms with Gasteiger partial charge in [0.15, 0.2) is 0 Å². The highest BCUT2D eigenvalue weighted by atomic mass is 19.1. The summed E-state index contributed by atoms with van der Waals surface area (Å²) >= 11 is 0. The molecule has 0 amide bonds. The van der Waals surface area contributed by atoms with Crippen molar-refractivity contribution in [2.75, 3.05) is 7.11 Å². The summed E-state index contributed by atoms with van der Waals surface area (Å²) in [5.74, 6) is 0.740. The highest BCUT2D eigenvalue weighted by Crippen LogP contribution is 2.35. The van der Waals surface area contributed by atoms with Gasteiger partial charge in [0.2, 0.25) is 0 Å². The second-order valence-corrected chi connectivity index (χ2v) is 5.05. The Morgan fingerprint density at radius 1 is 1.45 bits per heavy atom. The number of rotatable bonds is 5. The third-order valence-electron chi connectivity index (χ3n) is 3.49. The van der Waals surface area contributed by atoms with E-state index in [9.17, 15) is 9.50 Å². The second kappa shape index (κ2) is 5.63. The Morgan fingerprint density at radius 2 is 2.20 bits per heavy atom. The van der Waals surface area contributed by atoms with Crippen LogP contribution in [0.15, 0.2) is 30.6 Å².